The molecule has 0 aromatic heterocycles. The fourth-order valence-electron chi connectivity index (χ4n) is 4.92. The average molecular weight is 388 g/mol. The number of nitrogens with zero attached hydrogens (tertiary/aromatic N) is 2. The topological polar surface area (TPSA) is 79.3 Å². The molecule has 0 spiro atoms. The SMILES string of the molecule is Cc1c([C@H]2OC[C@@H]3CN(C(=O)O)CCN3[C@@H]2C(C)(C)C)ccc2c1COC2=O. The molecule has 0 aliphatic carbocycles. The smallest absolute Gasteiger partial charge is 0.407 e. The number of carbonyl (C=O) groups excluding carboxylic acids is 1. The molecule has 152 valence electrons. The van der Waals surface area contributed by atoms with Crippen LogP contribution in [0.15, 0.2) is 12.1 Å². The molecule has 0 saturated carbocycles. The van der Waals surface area contributed by atoms with Gasteiger partial charge in [0.25, 0.3) is 0 Å². The van der Waals surface area contributed by atoms with E-state index < -0.39 is 6.09 Å². The molecule has 1 N–H and O–H groups in total. The van der Waals surface area contributed by atoms with Crippen LogP contribution in [0.3, 0.4) is 0 Å². The Kier molecular flexibility index (Phi) is 4.62. The summed E-state index contributed by atoms with van der Waals surface area (Å²) in [6.45, 7) is 11.1. The summed E-state index contributed by atoms with van der Waals surface area (Å²) in [6, 6.07) is 4.02. The molecule has 1 amide bonds. The number of hydrogen-bond donors (Lipinski definition) is 1. The summed E-state index contributed by atoms with van der Waals surface area (Å²) in [4.78, 5) is 27.2. The van der Waals surface area contributed by atoms with E-state index in [9.17, 15) is 14.7 Å². The highest BCUT2D eigenvalue weighted by Gasteiger charge is 2.47. The van der Waals surface area contributed by atoms with E-state index in [4.69, 9.17) is 9.47 Å². The first-order valence-corrected chi connectivity index (χ1v) is 9.83. The van der Waals surface area contributed by atoms with Gasteiger partial charge < -0.3 is 19.5 Å². The average Bonchev–Trinajstić information content (AvgIpc) is 3.01. The first-order valence-electron chi connectivity index (χ1n) is 9.83. The van der Waals surface area contributed by atoms with Gasteiger partial charge in [-0.05, 0) is 29.5 Å². The number of amides is 1. The largest absolute Gasteiger partial charge is 0.465 e. The molecule has 3 aliphatic rings. The summed E-state index contributed by atoms with van der Waals surface area (Å²) in [5.74, 6) is -0.258. The minimum absolute atomic E-state index is 0.0602. The molecule has 7 nitrogen and oxygen atoms in total. The van der Waals surface area contributed by atoms with E-state index >= 15 is 0 Å². The number of esters is 1. The molecule has 0 radical (unpaired) electrons. The van der Waals surface area contributed by atoms with Crippen molar-refractivity contribution < 1.29 is 24.2 Å². The molecule has 0 unspecified atom stereocenters. The Balaban J connectivity index is 1.69. The van der Waals surface area contributed by atoms with E-state index in [0.717, 1.165) is 16.7 Å². The van der Waals surface area contributed by atoms with Crippen molar-refractivity contribution in [1.82, 2.24) is 9.80 Å². The monoisotopic (exact) mass is 388 g/mol. The van der Waals surface area contributed by atoms with Gasteiger partial charge in [-0.3, -0.25) is 4.90 Å². The molecule has 3 aliphatic heterocycles. The lowest BCUT2D eigenvalue weighted by atomic mass is 9.76. The highest BCUT2D eigenvalue weighted by molar-refractivity contribution is 5.94. The van der Waals surface area contributed by atoms with Crippen molar-refractivity contribution in [3.8, 4) is 0 Å². The minimum Gasteiger partial charge on any atom is -0.465 e. The molecule has 2 fully saturated rings. The number of rotatable bonds is 1. The quantitative estimate of drug-likeness (QED) is 0.746. The van der Waals surface area contributed by atoms with Gasteiger partial charge in [-0.2, -0.15) is 0 Å². The van der Waals surface area contributed by atoms with E-state index in [1.165, 1.54) is 4.90 Å². The molecule has 4 rings (SSSR count). The fourth-order valence-corrected chi connectivity index (χ4v) is 4.92. The molecule has 7 heteroatoms. The Morgan fingerprint density at radius 1 is 1.25 bits per heavy atom. The van der Waals surface area contributed by atoms with Crippen molar-refractivity contribution in [3.05, 3.63) is 34.4 Å². The highest BCUT2D eigenvalue weighted by Crippen LogP contribution is 2.43. The molecule has 3 heterocycles. The van der Waals surface area contributed by atoms with Crippen LogP contribution in [0.1, 0.15) is 53.9 Å². The Hall–Kier alpha value is -2.12. The second-order valence-electron chi connectivity index (χ2n) is 9.07. The zero-order chi connectivity index (χ0) is 20.2. The van der Waals surface area contributed by atoms with Gasteiger partial charge in [0.05, 0.1) is 24.3 Å². The summed E-state index contributed by atoms with van der Waals surface area (Å²) in [7, 11) is 0. The lowest BCUT2D eigenvalue weighted by Gasteiger charge is -2.54. The van der Waals surface area contributed by atoms with Crippen LogP contribution in [0.4, 0.5) is 4.79 Å². The van der Waals surface area contributed by atoms with E-state index in [1.54, 1.807) is 0 Å². The van der Waals surface area contributed by atoms with Crippen LogP contribution < -0.4 is 0 Å². The second-order valence-corrected chi connectivity index (χ2v) is 9.07. The maximum atomic E-state index is 11.9. The second kappa shape index (κ2) is 6.74. The number of ether oxygens (including phenoxy) is 2. The molecule has 3 atom stereocenters. The van der Waals surface area contributed by atoms with Crippen LogP contribution in [-0.4, -0.2) is 65.3 Å². The van der Waals surface area contributed by atoms with Gasteiger partial charge in [0.2, 0.25) is 0 Å². The predicted octanol–water partition coefficient (Wildman–Crippen LogP) is 2.82. The van der Waals surface area contributed by atoms with Gasteiger partial charge in [-0.25, -0.2) is 9.59 Å². The number of morpholine rings is 1. The van der Waals surface area contributed by atoms with Gasteiger partial charge in [-0.15, -0.1) is 0 Å². The van der Waals surface area contributed by atoms with E-state index in [2.05, 4.69) is 25.7 Å². The fraction of sp³-hybridized carbons (Fsp3) is 0.619. The number of piperazine rings is 1. The normalized spacial score (nSPS) is 27.9. The van der Waals surface area contributed by atoms with Crippen LogP contribution in [0, 0.1) is 12.3 Å². The Morgan fingerprint density at radius 2 is 2.00 bits per heavy atom. The Morgan fingerprint density at radius 3 is 2.68 bits per heavy atom. The molecular formula is C21H28N2O5. The predicted molar refractivity (Wildman–Crippen MR) is 102 cm³/mol. The number of carboxylic acid groups (broad SMARTS) is 1. The van der Waals surface area contributed by atoms with Crippen molar-refractivity contribution in [2.75, 3.05) is 26.2 Å². The van der Waals surface area contributed by atoms with Gasteiger partial charge in [-0.1, -0.05) is 26.8 Å². The molecule has 1 aromatic carbocycles. The maximum absolute atomic E-state index is 11.9. The van der Waals surface area contributed by atoms with Gasteiger partial charge >= 0.3 is 12.1 Å². The summed E-state index contributed by atoms with van der Waals surface area (Å²) >= 11 is 0. The van der Waals surface area contributed by atoms with Crippen LogP contribution in [0.25, 0.3) is 0 Å². The van der Waals surface area contributed by atoms with Crippen molar-refractivity contribution in [3.63, 3.8) is 0 Å². The molecule has 0 bridgehead atoms. The zero-order valence-corrected chi connectivity index (χ0v) is 16.9. The summed E-state index contributed by atoms with van der Waals surface area (Å²) < 4.78 is 11.6. The van der Waals surface area contributed by atoms with Gasteiger partial charge in [0.15, 0.2) is 0 Å². The number of cyclic esters (lactones) is 1. The third-order valence-corrected chi connectivity index (χ3v) is 6.31. The maximum Gasteiger partial charge on any atom is 0.407 e. The third kappa shape index (κ3) is 3.06. The number of fused-ring (bicyclic) bond motifs is 2. The van der Waals surface area contributed by atoms with Gasteiger partial charge in [0.1, 0.15) is 6.61 Å². The summed E-state index contributed by atoms with van der Waals surface area (Å²) in [5.41, 5.74) is 3.70. The molecule has 28 heavy (non-hydrogen) atoms. The number of benzene rings is 1. The van der Waals surface area contributed by atoms with Crippen molar-refractivity contribution in [1.29, 1.82) is 0 Å². The first kappa shape index (κ1) is 19.2. The van der Waals surface area contributed by atoms with Gasteiger partial charge in [0, 0.05) is 31.2 Å². The number of carbonyl (C=O) groups is 2. The molecule has 2 saturated heterocycles. The van der Waals surface area contributed by atoms with E-state index in [-0.39, 0.29) is 29.6 Å². The Bertz CT molecular complexity index is 816. The molecule has 1 aromatic rings. The van der Waals surface area contributed by atoms with Crippen molar-refractivity contribution >= 4 is 12.1 Å². The van der Waals surface area contributed by atoms with Crippen LogP contribution in [0.2, 0.25) is 0 Å². The first-order chi connectivity index (χ1) is 13.2. The van der Waals surface area contributed by atoms with Crippen molar-refractivity contribution in [2.24, 2.45) is 5.41 Å². The zero-order valence-electron chi connectivity index (χ0n) is 16.9. The van der Waals surface area contributed by atoms with E-state index in [0.29, 0.717) is 38.4 Å². The van der Waals surface area contributed by atoms with Crippen LogP contribution in [-0.2, 0) is 16.1 Å². The molecular weight excluding hydrogens is 360 g/mol. The van der Waals surface area contributed by atoms with Crippen molar-refractivity contribution in [2.45, 2.75) is 52.5 Å². The Labute approximate surface area is 165 Å². The standard InChI is InChI=1S/C21H28N2O5/c1-12-14(5-6-15-16(12)11-28-19(15)24)17-18(21(2,3)4)23-8-7-22(20(25)26)9-13(23)10-27-17/h5-6,13,17-18H,7-11H2,1-4H3,(H,25,26)/t13-,17+,18-/m0/s1. The third-order valence-electron chi connectivity index (χ3n) is 6.31. The highest BCUT2D eigenvalue weighted by atomic mass is 16.5. The lowest BCUT2D eigenvalue weighted by molar-refractivity contribution is -0.153. The number of hydrogen-bond acceptors (Lipinski definition) is 5. The van der Waals surface area contributed by atoms with Crippen LogP contribution in [0.5, 0.6) is 0 Å². The summed E-state index contributed by atoms with van der Waals surface area (Å²) in [6.07, 6.45) is -0.998. The summed E-state index contributed by atoms with van der Waals surface area (Å²) in [5, 5.41) is 9.36. The lowest BCUT2D eigenvalue weighted by Crippen LogP contribution is -2.65. The van der Waals surface area contributed by atoms with Crippen LogP contribution >= 0.6 is 0 Å². The van der Waals surface area contributed by atoms with E-state index in [1.807, 2.05) is 19.1 Å². The minimum atomic E-state index is -0.867.